The maximum Gasteiger partial charge on any atom is 0.213 e. The third-order valence-corrected chi connectivity index (χ3v) is 2.33. The first kappa shape index (κ1) is 11.5. The van der Waals surface area contributed by atoms with Crippen LogP contribution >= 0.6 is 0 Å². The summed E-state index contributed by atoms with van der Waals surface area (Å²) in [7, 11) is 0. The van der Waals surface area contributed by atoms with Crippen LogP contribution in [0.4, 0.5) is 4.39 Å². The van der Waals surface area contributed by atoms with E-state index in [0.29, 0.717) is 19.0 Å². The van der Waals surface area contributed by atoms with Gasteiger partial charge >= 0.3 is 0 Å². The fourth-order valence-corrected chi connectivity index (χ4v) is 1.35. The van der Waals surface area contributed by atoms with Crippen LogP contribution in [-0.2, 0) is 13.2 Å². The zero-order valence-electron chi connectivity index (χ0n) is 9.27. The van der Waals surface area contributed by atoms with Crippen molar-refractivity contribution in [1.29, 1.82) is 0 Å². The molecule has 0 bridgehead atoms. The largest absolute Gasteiger partial charge is 0.473 e. The number of aromatic nitrogens is 1. The van der Waals surface area contributed by atoms with Crippen molar-refractivity contribution in [2.45, 2.75) is 13.2 Å². The van der Waals surface area contributed by atoms with Crippen molar-refractivity contribution in [3.63, 3.8) is 0 Å². The van der Waals surface area contributed by atoms with Crippen LogP contribution in [0.3, 0.4) is 0 Å². The molecule has 2 N–H and O–H groups in total. The van der Waals surface area contributed by atoms with Crippen molar-refractivity contribution >= 4 is 0 Å². The van der Waals surface area contributed by atoms with Gasteiger partial charge in [0.2, 0.25) is 5.88 Å². The predicted octanol–water partition coefficient (Wildman–Crippen LogP) is 2.26. The van der Waals surface area contributed by atoms with E-state index in [1.165, 1.54) is 12.1 Å². The second kappa shape index (κ2) is 5.41. The highest BCUT2D eigenvalue weighted by atomic mass is 19.1. The number of halogens is 1. The first-order valence-electron chi connectivity index (χ1n) is 5.30. The third kappa shape index (κ3) is 3.26. The molecule has 2 rings (SSSR count). The standard InChI is InChI=1S/C13H13FN2O/c14-12-4-1-10(2-5-12)9-17-13-6-3-11(7-15)8-16-13/h1-6,8H,7,9,15H2. The van der Waals surface area contributed by atoms with Crippen molar-refractivity contribution in [2.24, 2.45) is 5.73 Å². The second-order valence-electron chi connectivity index (χ2n) is 3.62. The molecule has 1 aromatic heterocycles. The van der Waals surface area contributed by atoms with Crippen LogP contribution in [0.15, 0.2) is 42.6 Å². The van der Waals surface area contributed by atoms with E-state index in [4.69, 9.17) is 10.5 Å². The Balaban J connectivity index is 1.95. The topological polar surface area (TPSA) is 48.1 Å². The SMILES string of the molecule is NCc1ccc(OCc2ccc(F)cc2)nc1. The van der Waals surface area contributed by atoms with Crippen molar-refractivity contribution in [3.05, 3.63) is 59.5 Å². The van der Waals surface area contributed by atoms with E-state index < -0.39 is 0 Å². The Morgan fingerprint density at radius 3 is 2.35 bits per heavy atom. The van der Waals surface area contributed by atoms with E-state index >= 15 is 0 Å². The Kier molecular flexibility index (Phi) is 3.67. The van der Waals surface area contributed by atoms with Gasteiger partial charge < -0.3 is 10.5 Å². The molecule has 0 unspecified atom stereocenters. The van der Waals surface area contributed by atoms with E-state index in [1.54, 1.807) is 24.4 Å². The lowest BCUT2D eigenvalue weighted by atomic mass is 10.2. The van der Waals surface area contributed by atoms with Crippen molar-refractivity contribution in [2.75, 3.05) is 0 Å². The fourth-order valence-electron chi connectivity index (χ4n) is 1.35. The predicted molar refractivity (Wildman–Crippen MR) is 62.9 cm³/mol. The summed E-state index contributed by atoms with van der Waals surface area (Å²) in [6.45, 7) is 0.834. The molecule has 0 fully saturated rings. The number of rotatable bonds is 4. The van der Waals surface area contributed by atoms with E-state index in [1.807, 2.05) is 6.07 Å². The quantitative estimate of drug-likeness (QED) is 0.879. The number of pyridine rings is 1. The van der Waals surface area contributed by atoms with Crippen LogP contribution in [0, 0.1) is 5.82 Å². The van der Waals surface area contributed by atoms with E-state index in [2.05, 4.69) is 4.98 Å². The zero-order chi connectivity index (χ0) is 12.1. The number of benzene rings is 1. The van der Waals surface area contributed by atoms with Crippen LogP contribution in [-0.4, -0.2) is 4.98 Å². The van der Waals surface area contributed by atoms with E-state index in [9.17, 15) is 4.39 Å². The highest BCUT2D eigenvalue weighted by Crippen LogP contribution is 2.10. The minimum Gasteiger partial charge on any atom is -0.473 e. The van der Waals surface area contributed by atoms with Crippen LogP contribution in [0.2, 0.25) is 0 Å². The Labute approximate surface area is 99.1 Å². The number of hydrogen-bond acceptors (Lipinski definition) is 3. The number of ether oxygens (including phenoxy) is 1. The summed E-state index contributed by atoms with van der Waals surface area (Å²) in [5.41, 5.74) is 7.32. The molecular formula is C13H13FN2O. The van der Waals surface area contributed by atoms with Crippen molar-refractivity contribution < 1.29 is 9.13 Å². The van der Waals surface area contributed by atoms with E-state index in [-0.39, 0.29) is 5.82 Å². The molecule has 2 aromatic rings. The smallest absolute Gasteiger partial charge is 0.213 e. The van der Waals surface area contributed by atoms with Crippen molar-refractivity contribution in [1.82, 2.24) is 4.98 Å². The average molecular weight is 232 g/mol. The van der Waals surface area contributed by atoms with Gasteiger partial charge in [0.1, 0.15) is 12.4 Å². The van der Waals surface area contributed by atoms with Crippen LogP contribution in [0.5, 0.6) is 5.88 Å². The highest BCUT2D eigenvalue weighted by Gasteiger charge is 1.98. The molecule has 0 amide bonds. The number of nitrogens with two attached hydrogens (primary N) is 1. The molecule has 0 saturated carbocycles. The summed E-state index contributed by atoms with van der Waals surface area (Å²) < 4.78 is 18.1. The lowest BCUT2D eigenvalue weighted by Gasteiger charge is -2.05. The molecule has 0 atom stereocenters. The lowest BCUT2D eigenvalue weighted by Crippen LogP contribution is -2.00. The van der Waals surface area contributed by atoms with Gasteiger partial charge in [0.05, 0.1) is 0 Å². The Morgan fingerprint density at radius 1 is 1.06 bits per heavy atom. The van der Waals surface area contributed by atoms with Crippen LogP contribution in [0.1, 0.15) is 11.1 Å². The molecule has 1 aromatic carbocycles. The van der Waals surface area contributed by atoms with Gasteiger partial charge in [-0.2, -0.15) is 0 Å². The van der Waals surface area contributed by atoms with E-state index in [0.717, 1.165) is 11.1 Å². The molecule has 0 aliphatic rings. The molecule has 17 heavy (non-hydrogen) atoms. The van der Waals surface area contributed by atoms with Crippen molar-refractivity contribution in [3.8, 4) is 5.88 Å². The molecule has 1 heterocycles. The van der Waals surface area contributed by atoms with Gasteiger partial charge in [-0.3, -0.25) is 0 Å². The normalized spacial score (nSPS) is 10.2. The van der Waals surface area contributed by atoms with Crippen LogP contribution < -0.4 is 10.5 Å². The first-order chi connectivity index (χ1) is 8.28. The molecule has 0 saturated heterocycles. The lowest BCUT2D eigenvalue weighted by molar-refractivity contribution is 0.293. The number of hydrogen-bond donors (Lipinski definition) is 1. The summed E-state index contributed by atoms with van der Waals surface area (Å²) in [4.78, 5) is 4.11. The highest BCUT2D eigenvalue weighted by molar-refractivity contribution is 5.19. The monoisotopic (exact) mass is 232 g/mol. The zero-order valence-corrected chi connectivity index (χ0v) is 9.27. The summed E-state index contributed by atoms with van der Waals surface area (Å²) >= 11 is 0. The van der Waals surface area contributed by atoms with Gasteiger partial charge in [-0.15, -0.1) is 0 Å². The van der Waals surface area contributed by atoms with Gasteiger partial charge in [0.15, 0.2) is 0 Å². The molecule has 4 heteroatoms. The van der Waals surface area contributed by atoms with Gasteiger partial charge in [0.25, 0.3) is 0 Å². The Morgan fingerprint density at radius 2 is 1.76 bits per heavy atom. The molecule has 0 spiro atoms. The molecule has 3 nitrogen and oxygen atoms in total. The molecule has 88 valence electrons. The second-order valence-corrected chi connectivity index (χ2v) is 3.62. The van der Waals surface area contributed by atoms with Gasteiger partial charge in [0, 0.05) is 18.8 Å². The number of nitrogens with zero attached hydrogens (tertiary/aromatic N) is 1. The molecular weight excluding hydrogens is 219 g/mol. The Bertz CT molecular complexity index is 468. The minimum absolute atomic E-state index is 0.251. The maximum absolute atomic E-state index is 12.7. The summed E-state index contributed by atoms with van der Waals surface area (Å²) in [5.74, 6) is 0.283. The average Bonchev–Trinajstić information content (AvgIpc) is 2.39. The van der Waals surface area contributed by atoms with Gasteiger partial charge in [-0.05, 0) is 23.3 Å². The van der Waals surface area contributed by atoms with Crippen LogP contribution in [0.25, 0.3) is 0 Å². The maximum atomic E-state index is 12.7. The third-order valence-electron chi connectivity index (χ3n) is 2.33. The van der Waals surface area contributed by atoms with Gasteiger partial charge in [-0.1, -0.05) is 18.2 Å². The minimum atomic E-state index is -0.251. The molecule has 0 radical (unpaired) electrons. The molecule has 0 aliphatic heterocycles. The van der Waals surface area contributed by atoms with Gasteiger partial charge in [-0.25, -0.2) is 9.37 Å². The summed E-state index contributed by atoms with van der Waals surface area (Å²) in [6, 6.07) is 9.82. The summed E-state index contributed by atoms with van der Waals surface area (Å²) in [6.07, 6.45) is 1.68. The Hall–Kier alpha value is -1.94. The first-order valence-corrected chi connectivity index (χ1v) is 5.30. The fraction of sp³-hybridized carbons (Fsp3) is 0.154. The molecule has 0 aliphatic carbocycles. The summed E-state index contributed by atoms with van der Waals surface area (Å²) in [5, 5.41) is 0.